The zero-order valence-electron chi connectivity index (χ0n) is 16.4. The minimum absolute atomic E-state index is 0.00281. The normalized spacial score (nSPS) is 11.9. The lowest BCUT2D eigenvalue weighted by molar-refractivity contribution is -0.141. The molecule has 146 valence electrons. The summed E-state index contributed by atoms with van der Waals surface area (Å²) in [6.45, 7) is 4.06. The molecule has 3 aromatic carbocycles. The lowest BCUT2D eigenvalue weighted by Crippen LogP contribution is -2.22. The Morgan fingerprint density at radius 1 is 1.00 bits per heavy atom. The van der Waals surface area contributed by atoms with Crippen LogP contribution >= 0.6 is 11.3 Å². The second kappa shape index (κ2) is 7.64. The molecule has 0 atom stereocenters. The highest BCUT2D eigenvalue weighted by molar-refractivity contribution is 7.16. The van der Waals surface area contributed by atoms with Crippen molar-refractivity contribution in [1.29, 1.82) is 0 Å². The molecule has 0 N–H and O–H groups in total. The molecule has 5 nitrogen and oxygen atoms in total. The van der Waals surface area contributed by atoms with E-state index in [9.17, 15) is 9.59 Å². The first-order valence-electron chi connectivity index (χ1n) is 9.21. The highest BCUT2D eigenvalue weighted by Gasteiger charge is 2.14. The molecular formula is C23H20N2O3S. The SMILES string of the molecule is COC(=O)Cn1c(=NC(=O)c2ccc3ccccc3c2)sc2cc(C)c(C)cc21. The zero-order valence-corrected chi connectivity index (χ0v) is 17.2. The van der Waals surface area contributed by atoms with Crippen LogP contribution in [0.15, 0.2) is 59.6 Å². The number of benzene rings is 3. The van der Waals surface area contributed by atoms with Gasteiger partial charge in [-0.1, -0.05) is 41.7 Å². The molecule has 0 aliphatic carbocycles. The average Bonchev–Trinajstić information content (AvgIpc) is 3.03. The summed E-state index contributed by atoms with van der Waals surface area (Å²) < 4.78 is 7.56. The van der Waals surface area contributed by atoms with Crippen molar-refractivity contribution in [2.75, 3.05) is 7.11 Å². The van der Waals surface area contributed by atoms with E-state index in [2.05, 4.69) is 11.1 Å². The molecular weight excluding hydrogens is 384 g/mol. The number of ether oxygens (including phenoxy) is 1. The van der Waals surface area contributed by atoms with Crippen LogP contribution in [0, 0.1) is 13.8 Å². The van der Waals surface area contributed by atoms with Gasteiger partial charge in [0, 0.05) is 5.56 Å². The lowest BCUT2D eigenvalue weighted by atomic mass is 10.1. The third-order valence-corrected chi connectivity index (χ3v) is 6.05. The Bertz CT molecular complexity index is 1330. The molecule has 4 rings (SSSR count). The molecule has 1 heterocycles. The standard InChI is InChI=1S/C23H20N2O3S/c1-14-10-19-20(11-15(14)2)29-23(25(19)13-21(26)28-3)24-22(27)18-9-8-16-6-4-5-7-17(16)12-18/h4-12H,13H2,1-3H3. The van der Waals surface area contributed by atoms with Crippen LogP contribution in [-0.2, 0) is 16.1 Å². The second-order valence-corrected chi connectivity index (χ2v) is 7.94. The van der Waals surface area contributed by atoms with Gasteiger partial charge in [0.15, 0.2) is 4.80 Å². The van der Waals surface area contributed by atoms with Gasteiger partial charge >= 0.3 is 5.97 Å². The summed E-state index contributed by atoms with van der Waals surface area (Å²) in [6, 6.07) is 17.5. The molecule has 6 heteroatoms. The molecule has 0 unspecified atom stereocenters. The molecule has 0 bridgehead atoms. The maximum absolute atomic E-state index is 12.9. The van der Waals surface area contributed by atoms with Gasteiger partial charge in [0.1, 0.15) is 6.54 Å². The molecule has 0 aliphatic rings. The third-order valence-electron chi connectivity index (χ3n) is 5.01. The fourth-order valence-corrected chi connectivity index (χ4v) is 4.33. The van der Waals surface area contributed by atoms with Gasteiger partial charge in [-0.3, -0.25) is 9.59 Å². The van der Waals surface area contributed by atoms with E-state index in [1.807, 2.05) is 56.3 Å². The topological polar surface area (TPSA) is 60.7 Å². The summed E-state index contributed by atoms with van der Waals surface area (Å²) in [5.74, 6) is -0.725. The first kappa shape index (κ1) is 19.1. The predicted octanol–water partition coefficient (Wildman–Crippen LogP) is 4.39. The molecule has 0 fully saturated rings. The third kappa shape index (κ3) is 3.71. The first-order chi connectivity index (χ1) is 14.0. The second-order valence-electron chi connectivity index (χ2n) is 6.93. The van der Waals surface area contributed by atoms with Gasteiger partial charge in [0.25, 0.3) is 5.91 Å². The quantitative estimate of drug-likeness (QED) is 0.476. The minimum Gasteiger partial charge on any atom is -0.468 e. The van der Waals surface area contributed by atoms with Gasteiger partial charge in [-0.2, -0.15) is 4.99 Å². The van der Waals surface area contributed by atoms with E-state index in [0.29, 0.717) is 10.4 Å². The fourth-order valence-electron chi connectivity index (χ4n) is 3.23. The van der Waals surface area contributed by atoms with Gasteiger partial charge in [-0.05, 0) is 60.0 Å². The molecule has 0 radical (unpaired) electrons. The first-order valence-corrected chi connectivity index (χ1v) is 10.0. The molecule has 1 aromatic heterocycles. The van der Waals surface area contributed by atoms with Gasteiger partial charge in [0.2, 0.25) is 0 Å². The van der Waals surface area contributed by atoms with Crippen molar-refractivity contribution in [3.63, 3.8) is 0 Å². The van der Waals surface area contributed by atoms with Crippen molar-refractivity contribution < 1.29 is 14.3 Å². The molecule has 0 spiro atoms. The van der Waals surface area contributed by atoms with Crippen LogP contribution in [0.4, 0.5) is 0 Å². The number of aromatic nitrogens is 1. The Morgan fingerprint density at radius 3 is 2.48 bits per heavy atom. The number of aryl methyl sites for hydroxylation is 2. The zero-order chi connectivity index (χ0) is 20.5. The largest absolute Gasteiger partial charge is 0.468 e. The molecule has 0 aliphatic heterocycles. The molecule has 1 amide bonds. The number of carbonyl (C=O) groups is 2. The number of hydrogen-bond donors (Lipinski definition) is 0. The van der Waals surface area contributed by atoms with Crippen LogP contribution in [0.1, 0.15) is 21.5 Å². The summed E-state index contributed by atoms with van der Waals surface area (Å²) in [6.07, 6.45) is 0. The number of hydrogen-bond acceptors (Lipinski definition) is 4. The Kier molecular flexibility index (Phi) is 5.03. The van der Waals surface area contributed by atoms with Crippen LogP contribution in [0.2, 0.25) is 0 Å². The van der Waals surface area contributed by atoms with Crippen molar-refractivity contribution in [2.24, 2.45) is 4.99 Å². The number of esters is 1. The fraction of sp³-hybridized carbons (Fsp3) is 0.174. The number of fused-ring (bicyclic) bond motifs is 2. The minimum atomic E-state index is -0.387. The Balaban J connectivity index is 1.86. The highest BCUT2D eigenvalue weighted by Crippen LogP contribution is 2.22. The van der Waals surface area contributed by atoms with Crippen LogP contribution in [0.3, 0.4) is 0 Å². The smallest absolute Gasteiger partial charge is 0.325 e. The van der Waals surface area contributed by atoms with Gasteiger partial charge in [-0.15, -0.1) is 0 Å². The summed E-state index contributed by atoms with van der Waals surface area (Å²) in [5.41, 5.74) is 3.64. The van der Waals surface area contributed by atoms with E-state index < -0.39 is 0 Å². The maximum atomic E-state index is 12.9. The number of amides is 1. The van der Waals surface area contributed by atoms with Crippen molar-refractivity contribution in [2.45, 2.75) is 20.4 Å². The molecule has 0 saturated carbocycles. The number of rotatable bonds is 3. The van der Waals surface area contributed by atoms with E-state index in [4.69, 9.17) is 4.74 Å². The van der Waals surface area contributed by atoms with E-state index in [-0.39, 0.29) is 18.4 Å². The predicted molar refractivity (Wildman–Crippen MR) is 115 cm³/mol. The maximum Gasteiger partial charge on any atom is 0.325 e. The van der Waals surface area contributed by atoms with Crippen LogP contribution in [0.25, 0.3) is 21.0 Å². The Labute approximate surface area is 171 Å². The Hall–Kier alpha value is -3.25. The highest BCUT2D eigenvalue weighted by atomic mass is 32.1. The Morgan fingerprint density at radius 2 is 1.72 bits per heavy atom. The van der Waals surface area contributed by atoms with Crippen molar-refractivity contribution in [3.8, 4) is 0 Å². The summed E-state index contributed by atoms with van der Waals surface area (Å²) in [5, 5.41) is 2.05. The molecule has 29 heavy (non-hydrogen) atoms. The van der Waals surface area contributed by atoms with Gasteiger partial charge in [-0.25, -0.2) is 0 Å². The monoisotopic (exact) mass is 404 g/mol. The van der Waals surface area contributed by atoms with Gasteiger partial charge in [0.05, 0.1) is 17.3 Å². The van der Waals surface area contributed by atoms with E-state index in [0.717, 1.165) is 32.1 Å². The van der Waals surface area contributed by atoms with Crippen LogP contribution < -0.4 is 4.80 Å². The lowest BCUT2D eigenvalue weighted by Gasteiger charge is -2.05. The van der Waals surface area contributed by atoms with Gasteiger partial charge < -0.3 is 9.30 Å². The number of thiazole rings is 1. The molecule has 0 saturated heterocycles. The van der Waals surface area contributed by atoms with E-state index in [1.165, 1.54) is 18.4 Å². The van der Waals surface area contributed by atoms with Crippen molar-refractivity contribution in [1.82, 2.24) is 4.57 Å². The van der Waals surface area contributed by atoms with Crippen molar-refractivity contribution >= 4 is 44.2 Å². The number of methoxy groups -OCH3 is 1. The number of carbonyl (C=O) groups excluding carboxylic acids is 2. The van der Waals surface area contributed by atoms with E-state index >= 15 is 0 Å². The average molecular weight is 404 g/mol. The summed E-state index contributed by atoms with van der Waals surface area (Å²) in [7, 11) is 1.35. The van der Waals surface area contributed by atoms with Crippen molar-refractivity contribution in [3.05, 3.63) is 76.1 Å². The summed E-state index contributed by atoms with van der Waals surface area (Å²) >= 11 is 1.39. The number of nitrogens with zero attached hydrogens (tertiary/aromatic N) is 2. The van der Waals surface area contributed by atoms with Crippen LogP contribution in [0.5, 0.6) is 0 Å². The summed E-state index contributed by atoms with van der Waals surface area (Å²) in [4.78, 5) is 29.7. The van der Waals surface area contributed by atoms with E-state index in [1.54, 1.807) is 10.6 Å². The molecule has 4 aromatic rings. The van der Waals surface area contributed by atoms with Crippen LogP contribution in [-0.4, -0.2) is 23.6 Å².